The molecule has 0 bridgehead atoms. The van der Waals surface area contributed by atoms with Crippen molar-refractivity contribution in [2.45, 2.75) is 33.2 Å². The van der Waals surface area contributed by atoms with Crippen molar-refractivity contribution < 1.29 is 18.7 Å². The highest BCUT2D eigenvalue weighted by Gasteiger charge is 2.40. The number of carbonyl (C=O) groups is 2. The molecule has 120 valence electrons. The molecule has 0 spiro atoms. The standard InChI is InChI=1S/C16H19ClFNO3/c1-9(2)14-8-22-16(21)19(14)15(20)10(3)6-11-4-5-12(17)13(18)7-11/h4-5,7,9-10,14H,6,8H2,1-3H3. The SMILES string of the molecule is CC(Cc1ccc(Cl)c(F)c1)C(=O)N1C(=O)OCC1C(C)C. The van der Waals surface area contributed by atoms with Crippen molar-refractivity contribution in [2.24, 2.45) is 11.8 Å². The quantitative estimate of drug-likeness (QED) is 0.847. The largest absolute Gasteiger partial charge is 0.447 e. The van der Waals surface area contributed by atoms with E-state index in [9.17, 15) is 14.0 Å². The van der Waals surface area contributed by atoms with Gasteiger partial charge < -0.3 is 4.74 Å². The Morgan fingerprint density at radius 3 is 2.73 bits per heavy atom. The average Bonchev–Trinajstić information content (AvgIpc) is 2.84. The third-order valence-corrected chi connectivity index (χ3v) is 4.17. The van der Waals surface area contributed by atoms with Crippen LogP contribution in [0.1, 0.15) is 26.3 Å². The highest BCUT2D eigenvalue weighted by Crippen LogP contribution is 2.24. The van der Waals surface area contributed by atoms with Gasteiger partial charge >= 0.3 is 6.09 Å². The van der Waals surface area contributed by atoms with Crippen molar-refractivity contribution in [3.05, 3.63) is 34.6 Å². The van der Waals surface area contributed by atoms with Crippen LogP contribution in [0.3, 0.4) is 0 Å². The van der Waals surface area contributed by atoms with Crippen molar-refractivity contribution in [3.63, 3.8) is 0 Å². The summed E-state index contributed by atoms with van der Waals surface area (Å²) in [5, 5.41) is 0.0470. The van der Waals surface area contributed by atoms with Crippen LogP contribution in [0.15, 0.2) is 18.2 Å². The van der Waals surface area contributed by atoms with E-state index >= 15 is 0 Å². The summed E-state index contributed by atoms with van der Waals surface area (Å²) in [7, 11) is 0. The van der Waals surface area contributed by atoms with Crippen LogP contribution in [0.4, 0.5) is 9.18 Å². The summed E-state index contributed by atoms with van der Waals surface area (Å²) in [6, 6.07) is 4.21. The minimum Gasteiger partial charge on any atom is -0.447 e. The molecule has 1 aromatic rings. The Bertz CT molecular complexity index is 591. The number of hydrogen-bond donors (Lipinski definition) is 0. The number of cyclic esters (lactones) is 1. The fourth-order valence-corrected chi connectivity index (χ4v) is 2.64. The molecule has 2 amide bonds. The monoisotopic (exact) mass is 327 g/mol. The van der Waals surface area contributed by atoms with E-state index in [1.165, 1.54) is 17.0 Å². The molecule has 0 aromatic heterocycles. The van der Waals surface area contributed by atoms with E-state index in [0.29, 0.717) is 12.0 Å². The van der Waals surface area contributed by atoms with Crippen LogP contribution in [0.5, 0.6) is 0 Å². The van der Waals surface area contributed by atoms with Crippen LogP contribution >= 0.6 is 11.6 Å². The number of ether oxygens (including phenoxy) is 1. The molecule has 0 radical (unpaired) electrons. The van der Waals surface area contributed by atoms with Gasteiger partial charge in [-0.05, 0) is 30.0 Å². The van der Waals surface area contributed by atoms with Crippen molar-refractivity contribution in [3.8, 4) is 0 Å². The van der Waals surface area contributed by atoms with Gasteiger partial charge in [-0.25, -0.2) is 14.1 Å². The second kappa shape index (κ2) is 6.65. The first kappa shape index (κ1) is 16.7. The van der Waals surface area contributed by atoms with Gasteiger partial charge in [0.1, 0.15) is 12.4 Å². The highest BCUT2D eigenvalue weighted by molar-refractivity contribution is 6.30. The molecular weight excluding hydrogens is 309 g/mol. The molecule has 2 unspecified atom stereocenters. The number of nitrogens with zero attached hydrogens (tertiary/aromatic N) is 1. The number of halogens is 2. The van der Waals surface area contributed by atoms with E-state index in [0.717, 1.165) is 0 Å². The molecule has 0 N–H and O–H groups in total. The van der Waals surface area contributed by atoms with Gasteiger partial charge in [0.05, 0.1) is 11.1 Å². The van der Waals surface area contributed by atoms with Crippen molar-refractivity contribution in [1.29, 1.82) is 0 Å². The third-order valence-electron chi connectivity index (χ3n) is 3.86. The Labute approximate surface area is 134 Å². The van der Waals surface area contributed by atoms with E-state index in [4.69, 9.17) is 16.3 Å². The van der Waals surface area contributed by atoms with Crippen LogP contribution in [-0.2, 0) is 16.0 Å². The maximum Gasteiger partial charge on any atom is 0.416 e. The topological polar surface area (TPSA) is 46.6 Å². The number of imide groups is 1. The van der Waals surface area contributed by atoms with Crippen molar-refractivity contribution in [2.75, 3.05) is 6.61 Å². The van der Waals surface area contributed by atoms with E-state index in [-0.39, 0.29) is 29.5 Å². The summed E-state index contributed by atoms with van der Waals surface area (Å²) in [6.45, 7) is 5.82. The Hall–Kier alpha value is -1.62. The number of carbonyl (C=O) groups excluding carboxylic acids is 2. The van der Waals surface area contributed by atoms with Gasteiger partial charge in [0.2, 0.25) is 5.91 Å². The predicted molar refractivity (Wildman–Crippen MR) is 81.1 cm³/mol. The molecule has 1 heterocycles. The van der Waals surface area contributed by atoms with E-state index in [1.54, 1.807) is 13.0 Å². The first-order valence-electron chi connectivity index (χ1n) is 7.25. The number of benzene rings is 1. The average molecular weight is 328 g/mol. The highest BCUT2D eigenvalue weighted by atomic mass is 35.5. The van der Waals surface area contributed by atoms with E-state index in [2.05, 4.69) is 0 Å². The van der Waals surface area contributed by atoms with Crippen molar-refractivity contribution in [1.82, 2.24) is 4.90 Å². The predicted octanol–water partition coefficient (Wildman–Crippen LogP) is 3.66. The number of rotatable bonds is 4. The fourth-order valence-electron chi connectivity index (χ4n) is 2.53. The van der Waals surface area contributed by atoms with Gasteiger partial charge in [0.15, 0.2) is 0 Å². The molecule has 1 fully saturated rings. The van der Waals surface area contributed by atoms with E-state index in [1.807, 2.05) is 13.8 Å². The molecule has 0 aliphatic carbocycles. The second-order valence-electron chi connectivity index (χ2n) is 5.95. The lowest BCUT2D eigenvalue weighted by Crippen LogP contribution is -2.44. The molecule has 1 aliphatic rings. The Kier molecular flexibility index (Phi) is 5.06. The summed E-state index contributed by atoms with van der Waals surface area (Å²) >= 11 is 5.65. The zero-order valence-electron chi connectivity index (χ0n) is 12.8. The van der Waals surface area contributed by atoms with Gasteiger partial charge in [0, 0.05) is 5.92 Å². The maximum absolute atomic E-state index is 13.5. The van der Waals surface area contributed by atoms with E-state index < -0.39 is 17.8 Å². The fraction of sp³-hybridized carbons (Fsp3) is 0.500. The molecule has 2 atom stereocenters. The molecule has 0 saturated carbocycles. The zero-order valence-corrected chi connectivity index (χ0v) is 13.6. The lowest BCUT2D eigenvalue weighted by molar-refractivity contribution is -0.133. The normalized spacial score (nSPS) is 19.5. The summed E-state index contributed by atoms with van der Waals surface area (Å²) in [4.78, 5) is 25.5. The summed E-state index contributed by atoms with van der Waals surface area (Å²) < 4.78 is 18.4. The smallest absolute Gasteiger partial charge is 0.416 e. The summed E-state index contributed by atoms with van der Waals surface area (Å²) in [5.74, 6) is -1.14. The summed E-state index contributed by atoms with van der Waals surface area (Å²) in [6.07, 6.45) is -0.264. The van der Waals surface area contributed by atoms with Crippen LogP contribution < -0.4 is 0 Å². The van der Waals surface area contributed by atoms with Gasteiger partial charge in [0.25, 0.3) is 0 Å². The van der Waals surface area contributed by atoms with Crippen molar-refractivity contribution >= 4 is 23.6 Å². The maximum atomic E-state index is 13.5. The lowest BCUT2D eigenvalue weighted by atomic mass is 9.97. The number of hydrogen-bond acceptors (Lipinski definition) is 3. The molecule has 22 heavy (non-hydrogen) atoms. The number of amides is 2. The Morgan fingerprint density at radius 1 is 1.45 bits per heavy atom. The first-order valence-corrected chi connectivity index (χ1v) is 7.62. The molecule has 2 rings (SSSR count). The Morgan fingerprint density at radius 2 is 2.14 bits per heavy atom. The first-order chi connectivity index (χ1) is 10.3. The third kappa shape index (κ3) is 3.40. The molecule has 1 saturated heterocycles. The zero-order chi connectivity index (χ0) is 16.4. The second-order valence-corrected chi connectivity index (χ2v) is 6.36. The van der Waals surface area contributed by atoms with Crippen LogP contribution in [0.25, 0.3) is 0 Å². The lowest BCUT2D eigenvalue weighted by Gasteiger charge is -2.25. The molecular formula is C16H19ClFNO3. The van der Waals surface area contributed by atoms with Gasteiger partial charge in [-0.1, -0.05) is 38.4 Å². The van der Waals surface area contributed by atoms with Gasteiger partial charge in [-0.3, -0.25) is 4.79 Å². The van der Waals surface area contributed by atoms with Crippen LogP contribution in [0, 0.1) is 17.7 Å². The Balaban J connectivity index is 2.11. The van der Waals surface area contributed by atoms with Crippen LogP contribution in [-0.4, -0.2) is 29.5 Å². The molecule has 4 nitrogen and oxygen atoms in total. The minimum absolute atomic E-state index is 0.0470. The minimum atomic E-state index is -0.599. The molecule has 1 aromatic carbocycles. The van der Waals surface area contributed by atoms with Gasteiger partial charge in [-0.2, -0.15) is 0 Å². The molecule has 6 heteroatoms. The molecule has 1 aliphatic heterocycles. The van der Waals surface area contributed by atoms with Crippen LogP contribution in [0.2, 0.25) is 5.02 Å². The van der Waals surface area contributed by atoms with Gasteiger partial charge in [-0.15, -0.1) is 0 Å². The summed E-state index contributed by atoms with van der Waals surface area (Å²) in [5.41, 5.74) is 0.663.